The lowest BCUT2D eigenvalue weighted by Crippen LogP contribution is -2.42. The van der Waals surface area contributed by atoms with E-state index < -0.39 is 0 Å². The van der Waals surface area contributed by atoms with E-state index in [1.165, 1.54) is 0 Å². The maximum absolute atomic E-state index is 12.5. The summed E-state index contributed by atoms with van der Waals surface area (Å²) in [5, 5.41) is 13.3. The van der Waals surface area contributed by atoms with Crippen LogP contribution in [0.4, 0.5) is 5.69 Å². The van der Waals surface area contributed by atoms with Crippen LogP contribution in [0.15, 0.2) is 42.5 Å². The summed E-state index contributed by atoms with van der Waals surface area (Å²) in [5.41, 5.74) is 4.40. The Morgan fingerprint density at radius 2 is 1.96 bits per heavy atom. The molecule has 1 saturated heterocycles. The molecular formula is C22H26N2O3. The van der Waals surface area contributed by atoms with Crippen molar-refractivity contribution in [2.45, 2.75) is 31.8 Å². The van der Waals surface area contributed by atoms with Gasteiger partial charge < -0.3 is 20.1 Å². The van der Waals surface area contributed by atoms with E-state index >= 15 is 0 Å². The number of likely N-dealkylation sites (tertiary alicyclic amines) is 1. The van der Waals surface area contributed by atoms with Crippen molar-refractivity contribution >= 4 is 11.6 Å². The molecule has 1 amide bonds. The van der Waals surface area contributed by atoms with Gasteiger partial charge in [0.15, 0.2) is 0 Å². The van der Waals surface area contributed by atoms with E-state index in [2.05, 4.69) is 35.6 Å². The van der Waals surface area contributed by atoms with Crippen LogP contribution in [-0.4, -0.2) is 42.2 Å². The molecule has 0 saturated carbocycles. The van der Waals surface area contributed by atoms with Gasteiger partial charge in [0.2, 0.25) is 5.91 Å². The van der Waals surface area contributed by atoms with Gasteiger partial charge in [0.25, 0.3) is 0 Å². The Morgan fingerprint density at radius 1 is 1.22 bits per heavy atom. The number of rotatable bonds is 4. The Bertz CT molecular complexity index is 834. The lowest BCUT2D eigenvalue weighted by molar-refractivity contribution is -0.132. The molecule has 1 fully saturated rings. The van der Waals surface area contributed by atoms with Crippen molar-refractivity contribution < 1.29 is 14.6 Å². The van der Waals surface area contributed by atoms with Gasteiger partial charge in [0.05, 0.1) is 25.8 Å². The summed E-state index contributed by atoms with van der Waals surface area (Å²) in [6, 6.07) is 14.4. The predicted octanol–water partition coefficient (Wildman–Crippen LogP) is 3.45. The van der Waals surface area contributed by atoms with Gasteiger partial charge in [-0.2, -0.15) is 0 Å². The molecule has 0 bridgehead atoms. The third-order valence-electron chi connectivity index (χ3n) is 5.92. The summed E-state index contributed by atoms with van der Waals surface area (Å²) in [5.74, 6) is 1.26. The van der Waals surface area contributed by atoms with E-state index in [0.29, 0.717) is 6.42 Å². The number of anilines is 1. The molecule has 2 aromatic carbocycles. The van der Waals surface area contributed by atoms with E-state index in [0.717, 1.165) is 41.1 Å². The Kier molecular flexibility index (Phi) is 4.79. The highest BCUT2D eigenvalue weighted by Crippen LogP contribution is 2.47. The molecule has 27 heavy (non-hydrogen) atoms. The van der Waals surface area contributed by atoms with Crippen molar-refractivity contribution in [1.82, 2.24) is 4.90 Å². The highest BCUT2D eigenvalue weighted by atomic mass is 16.5. The molecule has 0 unspecified atom stereocenters. The predicted molar refractivity (Wildman–Crippen MR) is 106 cm³/mol. The summed E-state index contributed by atoms with van der Waals surface area (Å²) in [6.45, 7) is 2.75. The zero-order valence-corrected chi connectivity index (χ0v) is 15.8. The molecule has 2 aliphatic heterocycles. The third-order valence-corrected chi connectivity index (χ3v) is 5.92. The molecule has 2 heterocycles. The second kappa shape index (κ2) is 7.24. The molecule has 4 rings (SSSR count). The summed E-state index contributed by atoms with van der Waals surface area (Å²) in [7, 11) is 1.66. The van der Waals surface area contributed by atoms with E-state index in [9.17, 15) is 9.90 Å². The van der Waals surface area contributed by atoms with Crippen molar-refractivity contribution in [1.29, 1.82) is 0 Å². The number of hydrogen-bond acceptors (Lipinski definition) is 4. The van der Waals surface area contributed by atoms with Crippen LogP contribution in [0.5, 0.6) is 5.75 Å². The standard InChI is InChI=1S/C22H26N2O3/c1-3-21(26)24-11-10-17-20(13-25)23-19-9-6-15(12-18(19)22(17)24)14-4-7-16(27-2)8-5-14/h4-9,12,17,20,22-23,25H,3,10-11,13H2,1-2H3/t17-,20-,22-/m1/s1. The molecule has 0 radical (unpaired) electrons. The zero-order chi connectivity index (χ0) is 19.0. The number of fused-ring (bicyclic) bond motifs is 3. The molecular weight excluding hydrogens is 340 g/mol. The van der Waals surface area contributed by atoms with Gasteiger partial charge in [-0.05, 0) is 47.4 Å². The number of amides is 1. The Labute approximate surface area is 160 Å². The van der Waals surface area contributed by atoms with Crippen LogP contribution in [0.1, 0.15) is 31.4 Å². The molecule has 5 heteroatoms. The number of ether oxygens (including phenoxy) is 1. The fourth-order valence-electron chi connectivity index (χ4n) is 4.51. The van der Waals surface area contributed by atoms with E-state index in [-0.39, 0.29) is 30.5 Å². The largest absolute Gasteiger partial charge is 0.497 e. The van der Waals surface area contributed by atoms with Gasteiger partial charge in [-0.15, -0.1) is 0 Å². The number of nitrogens with zero attached hydrogens (tertiary/aromatic N) is 1. The quantitative estimate of drug-likeness (QED) is 0.870. The molecule has 2 aromatic rings. The molecule has 3 atom stereocenters. The van der Waals surface area contributed by atoms with Crippen LogP contribution >= 0.6 is 0 Å². The molecule has 5 nitrogen and oxygen atoms in total. The average Bonchev–Trinajstić information content (AvgIpc) is 3.18. The number of hydrogen-bond donors (Lipinski definition) is 2. The number of methoxy groups -OCH3 is 1. The zero-order valence-electron chi connectivity index (χ0n) is 15.8. The first-order valence-electron chi connectivity index (χ1n) is 9.61. The number of benzene rings is 2. The van der Waals surface area contributed by atoms with Crippen molar-refractivity contribution in [3.8, 4) is 16.9 Å². The van der Waals surface area contributed by atoms with Crippen molar-refractivity contribution in [3.05, 3.63) is 48.0 Å². The third kappa shape index (κ3) is 3.06. The minimum Gasteiger partial charge on any atom is -0.497 e. The maximum atomic E-state index is 12.5. The van der Waals surface area contributed by atoms with Gasteiger partial charge >= 0.3 is 0 Å². The molecule has 0 aromatic heterocycles. The molecule has 0 aliphatic carbocycles. The monoisotopic (exact) mass is 366 g/mol. The van der Waals surface area contributed by atoms with Gasteiger partial charge in [0.1, 0.15) is 5.75 Å². The summed E-state index contributed by atoms with van der Waals surface area (Å²) in [6.07, 6.45) is 1.43. The first kappa shape index (κ1) is 17.9. The first-order chi connectivity index (χ1) is 13.2. The van der Waals surface area contributed by atoms with Crippen LogP contribution in [0.25, 0.3) is 11.1 Å². The number of carbonyl (C=O) groups is 1. The highest BCUT2D eigenvalue weighted by molar-refractivity contribution is 5.78. The summed E-state index contributed by atoms with van der Waals surface area (Å²) >= 11 is 0. The van der Waals surface area contributed by atoms with Crippen molar-refractivity contribution in [2.24, 2.45) is 5.92 Å². The first-order valence-corrected chi connectivity index (χ1v) is 9.61. The highest BCUT2D eigenvalue weighted by Gasteiger charge is 2.45. The van der Waals surface area contributed by atoms with Gasteiger partial charge in [-0.1, -0.05) is 25.1 Å². The topological polar surface area (TPSA) is 61.8 Å². The van der Waals surface area contributed by atoms with E-state index in [1.807, 2.05) is 24.0 Å². The van der Waals surface area contributed by atoms with Gasteiger partial charge in [-0.25, -0.2) is 0 Å². The second-order valence-electron chi connectivity index (χ2n) is 7.30. The van der Waals surface area contributed by atoms with Crippen LogP contribution < -0.4 is 10.1 Å². The number of aliphatic hydroxyl groups excluding tert-OH is 1. The molecule has 0 spiro atoms. The minimum absolute atomic E-state index is 0.0102. The molecule has 2 N–H and O–H groups in total. The van der Waals surface area contributed by atoms with Gasteiger partial charge in [0, 0.05) is 24.6 Å². The van der Waals surface area contributed by atoms with Crippen LogP contribution in [-0.2, 0) is 4.79 Å². The SMILES string of the molecule is CCC(=O)N1CC[C@@H]2[C@@H](CO)Nc3ccc(-c4ccc(OC)cc4)cc3[C@@H]21. The lowest BCUT2D eigenvalue weighted by Gasteiger charge is -2.39. The molecule has 142 valence electrons. The average molecular weight is 366 g/mol. The summed E-state index contributed by atoms with van der Waals surface area (Å²) < 4.78 is 5.25. The number of carbonyl (C=O) groups excluding carboxylic acids is 1. The van der Waals surface area contributed by atoms with Crippen LogP contribution in [0.3, 0.4) is 0 Å². The Hall–Kier alpha value is -2.53. The maximum Gasteiger partial charge on any atom is 0.222 e. The fourth-order valence-corrected chi connectivity index (χ4v) is 4.51. The van der Waals surface area contributed by atoms with E-state index in [4.69, 9.17) is 4.74 Å². The van der Waals surface area contributed by atoms with E-state index in [1.54, 1.807) is 7.11 Å². The fraction of sp³-hybridized carbons (Fsp3) is 0.409. The summed E-state index contributed by atoms with van der Waals surface area (Å²) in [4.78, 5) is 14.5. The van der Waals surface area contributed by atoms with Gasteiger partial charge in [-0.3, -0.25) is 4.79 Å². The normalized spacial score (nSPS) is 23.4. The van der Waals surface area contributed by atoms with Crippen molar-refractivity contribution in [2.75, 3.05) is 25.6 Å². The van der Waals surface area contributed by atoms with Crippen LogP contribution in [0.2, 0.25) is 0 Å². The minimum atomic E-state index is -0.0102. The van der Waals surface area contributed by atoms with Crippen molar-refractivity contribution in [3.63, 3.8) is 0 Å². The smallest absolute Gasteiger partial charge is 0.222 e. The number of nitrogens with one attached hydrogen (secondary N) is 1. The Balaban J connectivity index is 1.76. The second-order valence-corrected chi connectivity index (χ2v) is 7.30. The lowest BCUT2D eigenvalue weighted by atomic mass is 9.82. The Morgan fingerprint density at radius 3 is 2.63 bits per heavy atom. The number of aliphatic hydroxyl groups is 1. The molecule has 2 aliphatic rings. The van der Waals surface area contributed by atoms with Crippen LogP contribution in [0, 0.1) is 5.92 Å².